The van der Waals surface area contributed by atoms with Crippen LogP contribution in [-0.2, 0) is 6.42 Å². The van der Waals surface area contributed by atoms with Gasteiger partial charge in [-0.3, -0.25) is 0 Å². The highest BCUT2D eigenvalue weighted by Gasteiger charge is 2.18. The normalized spacial score (nSPS) is 13.3. The highest BCUT2D eigenvalue weighted by molar-refractivity contribution is 7.80. The lowest BCUT2D eigenvalue weighted by Gasteiger charge is -2.30. The first-order chi connectivity index (χ1) is 11.3. The summed E-state index contributed by atoms with van der Waals surface area (Å²) in [5, 5.41) is 6.96. The fourth-order valence-corrected chi connectivity index (χ4v) is 3.02. The second-order valence-electron chi connectivity index (χ2n) is 5.67. The third-order valence-corrected chi connectivity index (χ3v) is 4.17. The van der Waals surface area contributed by atoms with Crippen LogP contribution >= 0.6 is 12.2 Å². The van der Waals surface area contributed by atoms with Crippen molar-refractivity contribution in [1.29, 1.82) is 0 Å². The number of hydrogen-bond acceptors (Lipinski definition) is 3. The quantitative estimate of drug-likeness (QED) is 0.835. The molecule has 0 saturated carbocycles. The fourth-order valence-electron chi connectivity index (χ4n) is 2.81. The third kappa shape index (κ3) is 3.79. The van der Waals surface area contributed by atoms with Crippen LogP contribution in [0.25, 0.3) is 0 Å². The largest absolute Gasteiger partial charge is 0.362 e. The Morgan fingerprint density at radius 2 is 2.13 bits per heavy atom. The zero-order valence-electron chi connectivity index (χ0n) is 13.4. The number of benzene rings is 1. The van der Waals surface area contributed by atoms with Crippen molar-refractivity contribution in [3.63, 3.8) is 0 Å². The lowest BCUT2D eigenvalue weighted by molar-refractivity contribution is 0.760. The van der Waals surface area contributed by atoms with Gasteiger partial charge in [0.15, 0.2) is 5.11 Å². The second-order valence-corrected chi connectivity index (χ2v) is 6.08. The Hall–Kier alpha value is -2.14. The molecule has 0 spiro atoms. The minimum atomic E-state index is 0.643. The summed E-state index contributed by atoms with van der Waals surface area (Å²) in [6, 6.07) is 12.6. The van der Waals surface area contributed by atoms with E-state index in [2.05, 4.69) is 51.7 Å². The summed E-state index contributed by atoms with van der Waals surface area (Å²) in [4.78, 5) is 6.90. The van der Waals surface area contributed by atoms with E-state index in [1.807, 2.05) is 18.3 Å². The molecule has 0 saturated heterocycles. The molecule has 0 aliphatic carbocycles. The van der Waals surface area contributed by atoms with Gasteiger partial charge < -0.3 is 15.5 Å². The van der Waals surface area contributed by atoms with E-state index in [1.165, 1.54) is 11.3 Å². The Balaban J connectivity index is 1.72. The molecule has 1 aromatic heterocycles. The summed E-state index contributed by atoms with van der Waals surface area (Å²) >= 11 is 5.25. The second kappa shape index (κ2) is 7.42. The molecule has 2 aromatic rings. The van der Waals surface area contributed by atoms with Crippen molar-refractivity contribution < 1.29 is 0 Å². The van der Waals surface area contributed by atoms with E-state index in [0.29, 0.717) is 5.11 Å². The summed E-state index contributed by atoms with van der Waals surface area (Å²) in [6.07, 6.45) is 5.19. The van der Waals surface area contributed by atoms with Crippen LogP contribution in [0.15, 0.2) is 42.6 Å². The molecule has 0 unspecified atom stereocenters. The van der Waals surface area contributed by atoms with Crippen LogP contribution in [-0.4, -0.2) is 23.2 Å². The summed E-state index contributed by atoms with van der Waals surface area (Å²) in [5.74, 6) is 0.982. The molecule has 120 valence electrons. The molecule has 2 heterocycles. The first kappa shape index (κ1) is 15.7. The molecule has 0 fully saturated rings. The lowest BCUT2D eigenvalue weighted by atomic mass is 10.0. The monoisotopic (exact) mass is 326 g/mol. The lowest BCUT2D eigenvalue weighted by Crippen LogP contribution is -2.29. The third-order valence-electron chi connectivity index (χ3n) is 3.93. The predicted molar refractivity (Wildman–Crippen MR) is 101 cm³/mol. The van der Waals surface area contributed by atoms with Crippen molar-refractivity contribution >= 4 is 34.5 Å². The van der Waals surface area contributed by atoms with E-state index in [-0.39, 0.29) is 0 Å². The minimum Gasteiger partial charge on any atom is -0.362 e. The van der Waals surface area contributed by atoms with Crippen molar-refractivity contribution in [3.8, 4) is 0 Å². The van der Waals surface area contributed by atoms with Gasteiger partial charge in [-0.1, -0.05) is 25.1 Å². The standard InChI is InChI=1S/C18H22N4S/c1-2-11-19-18(23)21-15-9-10-17(20-13-15)22-12-5-7-14-6-3-4-8-16(14)22/h3-4,6,8-10,13H,2,5,7,11-12H2,1H3,(H2,19,21,23). The van der Waals surface area contributed by atoms with Crippen LogP contribution in [0, 0.1) is 0 Å². The van der Waals surface area contributed by atoms with Crippen LogP contribution in [0.4, 0.5) is 17.2 Å². The Kier molecular flexibility index (Phi) is 5.08. The van der Waals surface area contributed by atoms with E-state index >= 15 is 0 Å². The zero-order valence-corrected chi connectivity index (χ0v) is 14.2. The molecule has 0 amide bonds. The van der Waals surface area contributed by atoms with Gasteiger partial charge in [0.25, 0.3) is 0 Å². The minimum absolute atomic E-state index is 0.643. The molecule has 1 aliphatic heterocycles. The SMILES string of the molecule is CCCNC(=S)Nc1ccc(N2CCCc3ccccc32)nc1. The smallest absolute Gasteiger partial charge is 0.170 e. The average Bonchev–Trinajstić information content (AvgIpc) is 2.60. The Labute approximate surface area is 142 Å². The predicted octanol–water partition coefficient (Wildman–Crippen LogP) is 3.86. The van der Waals surface area contributed by atoms with Gasteiger partial charge in [0.05, 0.1) is 11.9 Å². The number of pyridine rings is 1. The van der Waals surface area contributed by atoms with Crippen molar-refractivity contribution in [3.05, 3.63) is 48.2 Å². The molecule has 3 rings (SSSR count). The Morgan fingerprint density at radius 3 is 2.91 bits per heavy atom. The number of nitrogens with one attached hydrogen (secondary N) is 2. The van der Waals surface area contributed by atoms with Gasteiger partial charge in [0, 0.05) is 18.8 Å². The highest BCUT2D eigenvalue weighted by atomic mass is 32.1. The molecule has 23 heavy (non-hydrogen) atoms. The first-order valence-corrected chi connectivity index (χ1v) is 8.55. The Morgan fingerprint density at radius 1 is 1.26 bits per heavy atom. The van der Waals surface area contributed by atoms with Gasteiger partial charge in [-0.15, -0.1) is 0 Å². The maximum Gasteiger partial charge on any atom is 0.170 e. The number of thiocarbonyl (C=S) groups is 1. The maximum atomic E-state index is 5.25. The summed E-state index contributed by atoms with van der Waals surface area (Å²) in [6.45, 7) is 4.00. The number of nitrogens with zero attached hydrogens (tertiary/aromatic N) is 2. The van der Waals surface area contributed by atoms with Gasteiger partial charge in [-0.05, 0) is 55.2 Å². The number of anilines is 3. The molecule has 0 bridgehead atoms. The topological polar surface area (TPSA) is 40.2 Å². The van der Waals surface area contributed by atoms with Gasteiger partial charge in [-0.2, -0.15) is 0 Å². The molecule has 1 aliphatic rings. The van der Waals surface area contributed by atoms with Gasteiger partial charge in [0.1, 0.15) is 5.82 Å². The molecule has 5 heteroatoms. The van der Waals surface area contributed by atoms with Crippen molar-refractivity contribution in [2.24, 2.45) is 0 Å². The van der Waals surface area contributed by atoms with Crippen LogP contribution in [0.3, 0.4) is 0 Å². The Bertz CT molecular complexity index is 669. The van der Waals surface area contributed by atoms with Crippen LogP contribution in [0.2, 0.25) is 0 Å². The highest BCUT2D eigenvalue weighted by Crippen LogP contribution is 2.32. The van der Waals surface area contributed by atoms with Crippen LogP contribution < -0.4 is 15.5 Å². The first-order valence-electron chi connectivity index (χ1n) is 8.14. The molecular formula is C18H22N4S. The van der Waals surface area contributed by atoms with Crippen LogP contribution in [0.1, 0.15) is 25.3 Å². The molecule has 2 N–H and O–H groups in total. The molecule has 0 radical (unpaired) electrons. The number of aromatic nitrogens is 1. The van der Waals surface area contributed by atoms with E-state index in [4.69, 9.17) is 12.2 Å². The van der Waals surface area contributed by atoms with E-state index in [1.54, 1.807) is 0 Å². The van der Waals surface area contributed by atoms with Crippen LogP contribution in [0.5, 0.6) is 0 Å². The van der Waals surface area contributed by atoms with Crippen molar-refractivity contribution in [1.82, 2.24) is 10.3 Å². The number of rotatable bonds is 4. The van der Waals surface area contributed by atoms with E-state index < -0.39 is 0 Å². The number of aryl methyl sites for hydroxylation is 1. The zero-order chi connectivity index (χ0) is 16.1. The molecule has 0 atom stereocenters. The van der Waals surface area contributed by atoms with E-state index in [0.717, 1.165) is 43.9 Å². The van der Waals surface area contributed by atoms with Crippen molar-refractivity contribution in [2.75, 3.05) is 23.3 Å². The number of para-hydroxylation sites is 1. The maximum absolute atomic E-state index is 5.25. The summed E-state index contributed by atoms with van der Waals surface area (Å²) in [7, 11) is 0. The summed E-state index contributed by atoms with van der Waals surface area (Å²) in [5.41, 5.74) is 3.58. The average molecular weight is 326 g/mol. The van der Waals surface area contributed by atoms with E-state index in [9.17, 15) is 0 Å². The van der Waals surface area contributed by atoms with Gasteiger partial charge in [-0.25, -0.2) is 4.98 Å². The number of hydrogen-bond donors (Lipinski definition) is 2. The van der Waals surface area contributed by atoms with Crippen molar-refractivity contribution in [2.45, 2.75) is 26.2 Å². The molecular weight excluding hydrogens is 304 g/mol. The fraction of sp³-hybridized carbons (Fsp3) is 0.333. The molecule has 4 nitrogen and oxygen atoms in total. The van der Waals surface area contributed by atoms with Gasteiger partial charge >= 0.3 is 0 Å². The number of fused-ring (bicyclic) bond motifs is 1. The molecule has 1 aromatic carbocycles. The summed E-state index contributed by atoms with van der Waals surface area (Å²) < 4.78 is 0. The van der Waals surface area contributed by atoms with Gasteiger partial charge in [0.2, 0.25) is 0 Å².